The van der Waals surface area contributed by atoms with Gasteiger partial charge in [-0.2, -0.15) is 0 Å². The van der Waals surface area contributed by atoms with E-state index in [0.29, 0.717) is 0 Å². The first-order chi connectivity index (χ1) is 12.6. The summed E-state index contributed by atoms with van der Waals surface area (Å²) in [6, 6.07) is 16.4. The Morgan fingerprint density at radius 1 is 0.846 bits per heavy atom. The van der Waals surface area contributed by atoms with Crippen LogP contribution in [0.2, 0.25) is 0 Å². The Labute approximate surface area is 156 Å². The van der Waals surface area contributed by atoms with Gasteiger partial charge in [-0.05, 0) is 59.0 Å². The fourth-order valence-electron chi connectivity index (χ4n) is 2.82. The predicted molar refractivity (Wildman–Crippen MR) is 115 cm³/mol. The van der Waals surface area contributed by atoms with Crippen LogP contribution in [0.4, 0.5) is 0 Å². The van der Waals surface area contributed by atoms with Crippen LogP contribution < -0.4 is 0 Å². The van der Waals surface area contributed by atoms with E-state index in [-0.39, 0.29) is 5.76 Å². The molecule has 0 radical (unpaired) electrons. The van der Waals surface area contributed by atoms with Crippen molar-refractivity contribution >= 4 is 11.1 Å². The van der Waals surface area contributed by atoms with Crippen LogP contribution in [0.3, 0.4) is 0 Å². The summed E-state index contributed by atoms with van der Waals surface area (Å²) in [5, 5.41) is 10.4. The van der Waals surface area contributed by atoms with Crippen molar-refractivity contribution < 1.29 is 5.11 Å². The molecule has 0 aliphatic rings. The smallest absolute Gasteiger partial charge is 0.123 e. The zero-order chi connectivity index (χ0) is 18.9. The minimum Gasteiger partial charge on any atom is -0.507 e. The lowest BCUT2D eigenvalue weighted by Crippen LogP contribution is -1.93. The molecule has 0 bridgehead atoms. The molecule has 0 atom stereocenters. The molecule has 0 aliphatic heterocycles. The average Bonchev–Trinajstić information content (AvgIpc) is 2.67. The number of hydrogen-bond donors (Lipinski definition) is 1. The Kier molecular flexibility index (Phi) is 6.75. The number of rotatable bonds is 7. The number of benzene rings is 2. The van der Waals surface area contributed by atoms with Gasteiger partial charge in [-0.25, -0.2) is 0 Å². The van der Waals surface area contributed by atoms with Gasteiger partial charge in [-0.3, -0.25) is 0 Å². The van der Waals surface area contributed by atoms with Gasteiger partial charge in [-0.1, -0.05) is 80.4 Å². The molecule has 0 fully saturated rings. The van der Waals surface area contributed by atoms with Crippen LogP contribution >= 0.6 is 0 Å². The summed E-state index contributed by atoms with van der Waals surface area (Å²) in [6.07, 6.45) is 10.6. The molecule has 0 aromatic heterocycles. The van der Waals surface area contributed by atoms with Gasteiger partial charge in [0.05, 0.1) is 0 Å². The highest BCUT2D eigenvalue weighted by Gasteiger charge is 2.11. The molecule has 2 aromatic carbocycles. The van der Waals surface area contributed by atoms with Crippen LogP contribution in [-0.4, -0.2) is 5.11 Å². The van der Waals surface area contributed by atoms with E-state index in [1.807, 2.05) is 49.4 Å². The minimum absolute atomic E-state index is 0.187. The maximum atomic E-state index is 10.4. The van der Waals surface area contributed by atoms with E-state index < -0.39 is 0 Å². The highest BCUT2D eigenvalue weighted by Crippen LogP contribution is 2.31. The number of allylic oxidation sites excluding steroid dienone is 8. The van der Waals surface area contributed by atoms with Gasteiger partial charge in [0.1, 0.15) is 5.76 Å². The van der Waals surface area contributed by atoms with Gasteiger partial charge in [0.25, 0.3) is 0 Å². The van der Waals surface area contributed by atoms with Crippen molar-refractivity contribution in [1.82, 2.24) is 0 Å². The highest BCUT2D eigenvalue weighted by molar-refractivity contribution is 5.85. The first kappa shape index (κ1) is 19.0. The van der Waals surface area contributed by atoms with Gasteiger partial charge < -0.3 is 5.11 Å². The Morgan fingerprint density at radius 3 is 2.08 bits per heavy atom. The maximum Gasteiger partial charge on any atom is 0.123 e. The topological polar surface area (TPSA) is 20.2 Å². The summed E-state index contributed by atoms with van der Waals surface area (Å²) in [5.41, 5.74) is 5.85. The standard InChI is InChI=1S/C25H24O/c1-5-12-19(7-3)21-16-22(20-14-10-9-11-15-20)18-23(17-21)24(8-4)25(26)13-6-2/h5-18,26H,1-3H2,4H3/b19-12+,24-8-,25-13+. The Bertz CT molecular complexity index is 893. The molecule has 2 rings (SSSR count). The molecule has 1 nitrogen and oxygen atoms in total. The zero-order valence-electron chi connectivity index (χ0n) is 15.2. The molecule has 0 heterocycles. The van der Waals surface area contributed by atoms with Gasteiger partial charge >= 0.3 is 0 Å². The zero-order valence-corrected chi connectivity index (χ0v) is 15.2. The monoisotopic (exact) mass is 340 g/mol. The van der Waals surface area contributed by atoms with E-state index in [0.717, 1.165) is 33.4 Å². The molecule has 0 aliphatic carbocycles. The van der Waals surface area contributed by atoms with Gasteiger partial charge in [0.2, 0.25) is 0 Å². The summed E-state index contributed by atoms with van der Waals surface area (Å²) in [5.74, 6) is 0.187. The molecule has 0 unspecified atom stereocenters. The Balaban J connectivity index is 2.74. The largest absolute Gasteiger partial charge is 0.507 e. The predicted octanol–water partition coefficient (Wildman–Crippen LogP) is 7.14. The second kappa shape index (κ2) is 9.24. The van der Waals surface area contributed by atoms with Crippen LogP contribution in [0.25, 0.3) is 22.3 Å². The van der Waals surface area contributed by atoms with E-state index >= 15 is 0 Å². The summed E-state index contributed by atoms with van der Waals surface area (Å²) < 4.78 is 0. The van der Waals surface area contributed by atoms with Crippen LogP contribution in [0, 0.1) is 0 Å². The van der Waals surface area contributed by atoms with Gasteiger partial charge in [-0.15, -0.1) is 0 Å². The van der Waals surface area contributed by atoms with Crippen LogP contribution in [0.1, 0.15) is 18.1 Å². The van der Waals surface area contributed by atoms with Crippen molar-refractivity contribution in [2.45, 2.75) is 6.92 Å². The van der Waals surface area contributed by atoms with E-state index in [1.165, 1.54) is 0 Å². The first-order valence-corrected chi connectivity index (χ1v) is 8.49. The Morgan fingerprint density at radius 2 is 1.50 bits per heavy atom. The second-order valence-corrected chi connectivity index (χ2v) is 5.72. The third kappa shape index (κ3) is 4.40. The van der Waals surface area contributed by atoms with Gasteiger partial charge in [0, 0.05) is 5.57 Å². The number of aliphatic hydroxyl groups is 1. The van der Waals surface area contributed by atoms with Gasteiger partial charge in [0.15, 0.2) is 0 Å². The summed E-state index contributed by atoms with van der Waals surface area (Å²) in [7, 11) is 0. The number of aliphatic hydroxyl groups excluding tert-OH is 1. The Hall–Kier alpha value is -3.32. The minimum atomic E-state index is 0.187. The molecular weight excluding hydrogens is 316 g/mol. The van der Waals surface area contributed by atoms with E-state index in [9.17, 15) is 5.11 Å². The van der Waals surface area contributed by atoms with Crippen molar-refractivity contribution in [3.05, 3.63) is 122 Å². The maximum absolute atomic E-state index is 10.4. The molecule has 1 N–H and O–H groups in total. The van der Waals surface area contributed by atoms with Crippen molar-refractivity contribution in [3.8, 4) is 11.1 Å². The summed E-state index contributed by atoms with van der Waals surface area (Å²) in [6.45, 7) is 13.3. The third-order valence-corrected chi connectivity index (χ3v) is 4.04. The molecular formula is C25H24O. The summed E-state index contributed by atoms with van der Waals surface area (Å²) >= 11 is 0. The quantitative estimate of drug-likeness (QED) is 0.419. The highest BCUT2D eigenvalue weighted by atomic mass is 16.3. The first-order valence-electron chi connectivity index (χ1n) is 8.49. The normalized spacial score (nSPS) is 12.6. The molecule has 2 aromatic rings. The molecule has 26 heavy (non-hydrogen) atoms. The fraction of sp³-hybridized carbons (Fsp3) is 0.0400. The van der Waals surface area contributed by atoms with Crippen LogP contribution in [-0.2, 0) is 0 Å². The summed E-state index contributed by atoms with van der Waals surface area (Å²) in [4.78, 5) is 0. The van der Waals surface area contributed by atoms with E-state index in [2.05, 4.69) is 44.0 Å². The second-order valence-electron chi connectivity index (χ2n) is 5.72. The lowest BCUT2D eigenvalue weighted by molar-refractivity contribution is 0.438. The molecule has 0 saturated carbocycles. The molecule has 0 amide bonds. The lowest BCUT2D eigenvalue weighted by atomic mass is 9.92. The van der Waals surface area contributed by atoms with Crippen LogP contribution in [0.15, 0.2) is 110 Å². The molecule has 1 heteroatoms. The average molecular weight is 340 g/mol. The van der Waals surface area contributed by atoms with Crippen molar-refractivity contribution in [2.24, 2.45) is 0 Å². The molecule has 130 valence electrons. The van der Waals surface area contributed by atoms with Crippen molar-refractivity contribution in [1.29, 1.82) is 0 Å². The van der Waals surface area contributed by atoms with Crippen molar-refractivity contribution in [3.63, 3.8) is 0 Å². The fourth-order valence-corrected chi connectivity index (χ4v) is 2.82. The van der Waals surface area contributed by atoms with E-state index in [4.69, 9.17) is 0 Å². The van der Waals surface area contributed by atoms with E-state index in [1.54, 1.807) is 18.2 Å². The van der Waals surface area contributed by atoms with Crippen LogP contribution in [0.5, 0.6) is 0 Å². The number of hydrogen-bond acceptors (Lipinski definition) is 1. The molecule has 0 saturated heterocycles. The third-order valence-electron chi connectivity index (χ3n) is 4.04. The lowest BCUT2D eigenvalue weighted by Gasteiger charge is -2.13. The SMILES string of the molecule is C=C/C=C(O)\C(=C/C)c1cc(/C(C=C)=C/C=C)cc(-c2ccccc2)c1. The van der Waals surface area contributed by atoms with Crippen molar-refractivity contribution in [2.75, 3.05) is 0 Å². The molecule has 0 spiro atoms.